The molecule has 0 aliphatic rings. The number of nitrogens with zero attached hydrogens (tertiary/aromatic N) is 1. The first kappa shape index (κ1) is 11.4. The summed E-state index contributed by atoms with van der Waals surface area (Å²) < 4.78 is 0. The van der Waals surface area contributed by atoms with Gasteiger partial charge in [-0.2, -0.15) is 0 Å². The molecule has 0 bridgehead atoms. The third-order valence-corrected chi connectivity index (χ3v) is 2.31. The molecule has 2 rings (SSSR count). The molecule has 17 heavy (non-hydrogen) atoms. The van der Waals surface area contributed by atoms with Gasteiger partial charge < -0.3 is 4.84 Å². The van der Waals surface area contributed by atoms with Crippen molar-refractivity contribution in [2.75, 3.05) is 0 Å². The molecule has 0 saturated heterocycles. The van der Waals surface area contributed by atoms with Crippen molar-refractivity contribution in [3.8, 4) is 0 Å². The van der Waals surface area contributed by atoms with E-state index in [1.807, 2.05) is 54.6 Å². The predicted molar refractivity (Wildman–Crippen MR) is 68.7 cm³/mol. The fourth-order valence-electron chi connectivity index (χ4n) is 1.43. The molecule has 0 heterocycles. The van der Waals surface area contributed by atoms with Gasteiger partial charge in [0.2, 0.25) is 0 Å². The monoisotopic (exact) mass is 224 g/mol. The molecule has 0 amide bonds. The molecular formula is C15H14NO. The van der Waals surface area contributed by atoms with Crippen molar-refractivity contribution in [3.05, 3.63) is 71.8 Å². The van der Waals surface area contributed by atoms with Gasteiger partial charge in [0, 0.05) is 12.6 Å². The van der Waals surface area contributed by atoms with Crippen LogP contribution < -0.4 is 0 Å². The molecule has 0 atom stereocenters. The van der Waals surface area contributed by atoms with Crippen LogP contribution in [0.25, 0.3) is 0 Å². The topological polar surface area (TPSA) is 21.6 Å². The van der Waals surface area contributed by atoms with Crippen LogP contribution in [0.4, 0.5) is 0 Å². The quantitative estimate of drug-likeness (QED) is 0.564. The fraction of sp³-hybridized carbons (Fsp3) is 0.133. The molecular weight excluding hydrogens is 210 g/mol. The van der Waals surface area contributed by atoms with E-state index in [4.69, 9.17) is 4.84 Å². The molecule has 0 unspecified atom stereocenters. The summed E-state index contributed by atoms with van der Waals surface area (Å²) in [5.74, 6) is 0. The second kappa shape index (κ2) is 6.48. The maximum atomic E-state index is 5.20. The van der Waals surface area contributed by atoms with Crippen molar-refractivity contribution in [3.63, 3.8) is 0 Å². The highest BCUT2D eigenvalue weighted by molar-refractivity contribution is 5.60. The number of oxime groups is 1. The maximum absolute atomic E-state index is 5.20. The second-order valence-corrected chi connectivity index (χ2v) is 3.64. The molecule has 0 aliphatic heterocycles. The second-order valence-electron chi connectivity index (χ2n) is 3.64. The Balaban J connectivity index is 1.72. The molecule has 0 fully saturated rings. The van der Waals surface area contributed by atoms with Crippen LogP contribution in [0.5, 0.6) is 0 Å². The van der Waals surface area contributed by atoms with Crippen molar-refractivity contribution in [1.82, 2.24) is 0 Å². The summed E-state index contributed by atoms with van der Waals surface area (Å²) in [6, 6.07) is 21.0. The number of rotatable bonds is 5. The largest absolute Gasteiger partial charge is 0.391 e. The van der Waals surface area contributed by atoms with Gasteiger partial charge in [0.05, 0.1) is 0 Å². The molecule has 85 valence electrons. The highest BCUT2D eigenvalue weighted by Gasteiger charge is 1.90. The lowest BCUT2D eigenvalue weighted by Gasteiger charge is -1.98. The van der Waals surface area contributed by atoms with Crippen LogP contribution in [0, 0.1) is 6.07 Å². The van der Waals surface area contributed by atoms with E-state index >= 15 is 0 Å². The van der Waals surface area contributed by atoms with Crippen molar-refractivity contribution in [2.45, 2.75) is 13.0 Å². The first-order valence-electron chi connectivity index (χ1n) is 5.58. The average molecular weight is 224 g/mol. The summed E-state index contributed by atoms with van der Waals surface area (Å²) in [6.45, 7) is 0.510. The maximum Gasteiger partial charge on any atom is 0.142 e. The van der Waals surface area contributed by atoms with Gasteiger partial charge in [-0.25, -0.2) is 0 Å². The lowest BCUT2D eigenvalue weighted by molar-refractivity contribution is 0.131. The number of hydrogen-bond acceptors (Lipinski definition) is 2. The van der Waals surface area contributed by atoms with Crippen molar-refractivity contribution in [2.24, 2.45) is 5.16 Å². The minimum atomic E-state index is 0.510. The molecule has 1 radical (unpaired) electrons. The smallest absolute Gasteiger partial charge is 0.142 e. The van der Waals surface area contributed by atoms with E-state index in [-0.39, 0.29) is 0 Å². The van der Waals surface area contributed by atoms with Gasteiger partial charge in [-0.3, -0.25) is 0 Å². The van der Waals surface area contributed by atoms with Crippen molar-refractivity contribution in [1.29, 1.82) is 0 Å². The van der Waals surface area contributed by atoms with E-state index in [1.54, 1.807) is 6.21 Å². The molecule has 2 nitrogen and oxygen atoms in total. The van der Waals surface area contributed by atoms with Crippen LogP contribution >= 0.6 is 0 Å². The van der Waals surface area contributed by atoms with Crippen LogP contribution in [0.15, 0.2) is 59.8 Å². The van der Waals surface area contributed by atoms with Gasteiger partial charge in [-0.15, -0.1) is 0 Å². The lowest BCUT2D eigenvalue weighted by Crippen LogP contribution is -1.89. The highest BCUT2D eigenvalue weighted by atomic mass is 16.6. The van der Waals surface area contributed by atoms with Crippen LogP contribution in [0.2, 0.25) is 0 Å². The van der Waals surface area contributed by atoms with Crippen LogP contribution in [0.1, 0.15) is 11.1 Å². The van der Waals surface area contributed by atoms with Gasteiger partial charge in [0.15, 0.2) is 0 Å². The molecule has 2 heteroatoms. The van der Waals surface area contributed by atoms with Gasteiger partial charge >= 0.3 is 0 Å². The van der Waals surface area contributed by atoms with Gasteiger partial charge in [0.1, 0.15) is 6.61 Å². The Kier molecular flexibility index (Phi) is 4.35. The van der Waals surface area contributed by atoms with Gasteiger partial charge in [-0.1, -0.05) is 59.8 Å². The van der Waals surface area contributed by atoms with Gasteiger partial charge in [-0.05, 0) is 17.2 Å². The normalized spacial score (nSPS) is 10.6. The summed E-state index contributed by atoms with van der Waals surface area (Å²) in [6.07, 6.45) is 2.50. The molecule has 2 aromatic carbocycles. The zero-order valence-corrected chi connectivity index (χ0v) is 9.54. The van der Waals surface area contributed by atoms with E-state index in [9.17, 15) is 0 Å². The SMILES string of the molecule is [c]1ccccc1CC=NOCc1ccccc1. The third kappa shape index (κ3) is 4.11. The van der Waals surface area contributed by atoms with E-state index in [0.717, 1.165) is 17.5 Å². The highest BCUT2D eigenvalue weighted by Crippen LogP contribution is 2.01. The minimum Gasteiger partial charge on any atom is -0.391 e. The molecule has 2 aromatic rings. The summed E-state index contributed by atoms with van der Waals surface area (Å²) >= 11 is 0. The van der Waals surface area contributed by atoms with Crippen molar-refractivity contribution < 1.29 is 4.84 Å². The first-order chi connectivity index (χ1) is 8.45. The Morgan fingerprint density at radius 1 is 1.06 bits per heavy atom. The molecule has 0 N–H and O–H groups in total. The summed E-state index contributed by atoms with van der Waals surface area (Å²) in [4.78, 5) is 5.20. The summed E-state index contributed by atoms with van der Waals surface area (Å²) in [5.41, 5.74) is 2.23. The lowest BCUT2D eigenvalue weighted by atomic mass is 10.2. The molecule has 0 aromatic heterocycles. The summed E-state index contributed by atoms with van der Waals surface area (Å²) in [5, 5.41) is 3.92. The van der Waals surface area contributed by atoms with Crippen LogP contribution in [-0.4, -0.2) is 6.21 Å². The number of hydrogen-bond donors (Lipinski definition) is 0. The van der Waals surface area contributed by atoms with E-state index in [2.05, 4.69) is 11.2 Å². The Bertz CT molecular complexity index is 451. The van der Waals surface area contributed by atoms with Gasteiger partial charge in [0.25, 0.3) is 0 Å². The Hall–Kier alpha value is -2.09. The molecule has 0 aliphatic carbocycles. The zero-order chi connectivity index (χ0) is 11.8. The van der Waals surface area contributed by atoms with Crippen LogP contribution in [-0.2, 0) is 17.9 Å². The van der Waals surface area contributed by atoms with E-state index in [0.29, 0.717) is 6.61 Å². The standard InChI is InChI=1S/C15H14NO/c1-3-7-14(8-4-1)11-12-16-17-13-15-9-5-2-6-10-15/h1-7,9-10,12H,11,13H2. The summed E-state index contributed by atoms with van der Waals surface area (Å²) in [7, 11) is 0. The van der Waals surface area contributed by atoms with Crippen molar-refractivity contribution >= 4 is 6.21 Å². The zero-order valence-electron chi connectivity index (χ0n) is 9.54. The fourth-order valence-corrected chi connectivity index (χ4v) is 1.43. The van der Waals surface area contributed by atoms with E-state index < -0.39 is 0 Å². The Labute approximate surface area is 102 Å². The molecule has 0 spiro atoms. The Morgan fingerprint density at radius 2 is 1.88 bits per heavy atom. The Morgan fingerprint density at radius 3 is 2.65 bits per heavy atom. The molecule has 0 saturated carbocycles. The van der Waals surface area contributed by atoms with Crippen LogP contribution in [0.3, 0.4) is 0 Å². The minimum absolute atomic E-state index is 0.510. The predicted octanol–water partition coefficient (Wildman–Crippen LogP) is 3.23. The third-order valence-electron chi connectivity index (χ3n) is 2.31. The first-order valence-corrected chi connectivity index (χ1v) is 5.58. The van der Waals surface area contributed by atoms with E-state index in [1.165, 1.54) is 0 Å². The average Bonchev–Trinajstić information content (AvgIpc) is 2.41. The number of benzene rings is 2.